The van der Waals surface area contributed by atoms with Gasteiger partial charge in [-0.3, -0.25) is 4.99 Å². The number of aryl methyl sites for hydroxylation is 2. The van der Waals surface area contributed by atoms with Gasteiger partial charge in [-0.1, -0.05) is 17.7 Å². The molecule has 1 heterocycles. The van der Waals surface area contributed by atoms with Gasteiger partial charge in [0.15, 0.2) is 5.96 Å². The molecule has 1 aromatic heterocycles. The van der Waals surface area contributed by atoms with Gasteiger partial charge in [0.25, 0.3) is 0 Å². The molecule has 0 aliphatic heterocycles. The van der Waals surface area contributed by atoms with Crippen LogP contribution in [0.4, 0.5) is 5.82 Å². The number of hydrogen-bond acceptors (Lipinski definition) is 4. The van der Waals surface area contributed by atoms with Crippen molar-refractivity contribution in [2.45, 2.75) is 19.8 Å². The van der Waals surface area contributed by atoms with E-state index in [9.17, 15) is 5.26 Å². The minimum atomic E-state index is 0. The number of nitrogens with two attached hydrogens (primary N) is 2. The van der Waals surface area contributed by atoms with Crippen LogP contribution in [0.1, 0.15) is 23.2 Å². The van der Waals surface area contributed by atoms with Crippen molar-refractivity contribution in [2.75, 3.05) is 19.3 Å². The Morgan fingerprint density at radius 3 is 2.62 bits per heavy atom. The molecule has 128 valence electrons. The fourth-order valence-corrected chi connectivity index (χ4v) is 2.21. The quantitative estimate of drug-likeness (QED) is 0.284. The van der Waals surface area contributed by atoms with Gasteiger partial charge >= 0.3 is 0 Å². The van der Waals surface area contributed by atoms with E-state index in [1.54, 1.807) is 11.7 Å². The van der Waals surface area contributed by atoms with Crippen LogP contribution in [0.15, 0.2) is 29.3 Å². The molecule has 0 aliphatic rings. The van der Waals surface area contributed by atoms with Crippen LogP contribution in [-0.2, 0) is 6.42 Å². The molecule has 1 aromatic carbocycles. The predicted molar refractivity (Wildman–Crippen MR) is 107 cm³/mol. The van der Waals surface area contributed by atoms with Crippen molar-refractivity contribution in [3.05, 3.63) is 41.1 Å². The zero-order valence-electron chi connectivity index (χ0n) is 13.8. The van der Waals surface area contributed by atoms with Crippen LogP contribution in [0.5, 0.6) is 0 Å². The molecule has 0 atom stereocenters. The van der Waals surface area contributed by atoms with Crippen LogP contribution in [0, 0.1) is 18.3 Å². The van der Waals surface area contributed by atoms with E-state index in [0.29, 0.717) is 36.0 Å². The molecule has 0 amide bonds. The van der Waals surface area contributed by atoms with E-state index in [4.69, 9.17) is 11.5 Å². The summed E-state index contributed by atoms with van der Waals surface area (Å²) in [6.07, 6.45) is 1.41. The maximum absolute atomic E-state index is 9.35. The van der Waals surface area contributed by atoms with Crippen LogP contribution in [0.25, 0.3) is 5.69 Å². The van der Waals surface area contributed by atoms with Gasteiger partial charge in [0.1, 0.15) is 17.5 Å². The summed E-state index contributed by atoms with van der Waals surface area (Å²) in [5, 5.41) is 16.8. The molecule has 0 radical (unpaired) electrons. The number of nitrogen functional groups attached to an aromatic ring is 1. The SMILES string of the molecule is CN=C(N)NCCCc1nn(-c2ccc(C)cc2)c(N)c1C#N.I. The highest BCUT2D eigenvalue weighted by Crippen LogP contribution is 2.21. The molecule has 0 aliphatic carbocycles. The average Bonchev–Trinajstić information content (AvgIpc) is 2.87. The van der Waals surface area contributed by atoms with Crippen molar-refractivity contribution in [3.63, 3.8) is 0 Å². The van der Waals surface area contributed by atoms with Crippen LogP contribution in [-0.4, -0.2) is 29.3 Å². The normalized spacial score (nSPS) is 10.8. The summed E-state index contributed by atoms with van der Waals surface area (Å²) in [4.78, 5) is 3.82. The second-order valence-electron chi connectivity index (χ2n) is 5.21. The molecular formula is C16H22IN7. The highest BCUT2D eigenvalue weighted by molar-refractivity contribution is 14.0. The Kier molecular flexibility index (Phi) is 7.51. The van der Waals surface area contributed by atoms with Crippen molar-refractivity contribution in [3.8, 4) is 11.8 Å². The first-order valence-electron chi connectivity index (χ1n) is 7.37. The van der Waals surface area contributed by atoms with E-state index < -0.39 is 0 Å². The second kappa shape index (κ2) is 9.12. The summed E-state index contributed by atoms with van der Waals surface area (Å²) >= 11 is 0. The van der Waals surface area contributed by atoms with Crippen molar-refractivity contribution in [1.82, 2.24) is 15.1 Å². The molecule has 24 heavy (non-hydrogen) atoms. The van der Waals surface area contributed by atoms with E-state index in [1.165, 1.54) is 0 Å². The minimum absolute atomic E-state index is 0. The first kappa shape index (κ1) is 19.8. The van der Waals surface area contributed by atoms with Gasteiger partial charge in [0, 0.05) is 13.6 Å². The van der Waals surface area contributed by atoms with Gasteiger partial charge in [-0.25, -0.2) is 4.68 Å². The molecule has 0 unspecified atom stereocenters. The summed E-state index contributed by atoms with van der Waals surface area (Å²) in [5.74, 6) is 0.768. The first-order valence-corrected chi connectivity index (χ1v) is 7.37. The fraction of sp³-hybridized carbons (Fsp3) is 0.312. The number of guanidine groups is 1. The third-order valence-electron chi connectivity index (χ3n) is 3.52. The number of anilines is 1. The molecule has 0 saturated heterocycles. The van der Waals surface area contributed by atoms with Crippen LogP contribution in [0.2, 0.25) is 0 Å². The largest absolute Gasteiger partial charge is 0.382 e. The van der Waals surface area contributed by atoms with Crippen molar-refractivity contribution in [2.24, 2.45) is 10.7 Å². The topological polar surface area (TPSA) is 118 Å². The van der Waals surface area contributed by atoms with Crippen molar-refractivity contribution < 1.29 is 0 Å². The van der Waals surface area contributed by atoms with Gasteiger partial charge < -0.3 is 16.8 Å². The Morgan fingerprint density at radius 1 is 1.38 bits per heavy atom. The second-order valence-corrected chi connectivity index (χ2v) is 5.21. The van der Waals surface area contributed by atoms with Crippen LogP contribution in [0.3, 0.4) is 0 Å². The Morgan fingerprint density at radius 2 is 2.04 bits per heavy atom. The summed E-state index contributed by atoms with van der Waals surface area (Å²) in [7, 11) is 1.63. The fourth-order valence-electron chi connectivity index (χ4n) is 2.21. The van der Waals surface area contributed by atoms with E-state index in [2.05, 4.69) is 21.5 Å². The summed E-state index contributed by atoms with van der Waals surface area (Å²) in [6.45, 7) is 2.67. The highest BCUT2D eigenvalue weighted by Gasteiger charge is 2.16. The maximum Gasteiger partial charge on any atom is 0.188 e. The number of benzene rings is 1. The third kappa shape index (κ3) is 4.61. The lowest BCUT2D eigenvalue weighted by Crippen LogP contribution is -2.32. The van der Waals surface area contributed by atoms with Gasteiger partial charge in [-0.2, -0.15) is 10.4 Å². The number of rotatable bonds is 5. The lowest BCUT2D eigenvalue weighted by Gasteiger charge is -2.04. The number of aromatic nitrogens is 2. The summed E-state index contributed by atoms with van der Waals surface area (Å²) in [5.41, 5.74) is 14.8. The zero-order valence-corrected chi connectivity index (χ0v) is 16.1. The molecule has 0 bridgehead atoms. The molecule has 0 fully saturated rings. The van der Waals surface area contributed by atoms with Crippen LogP contribution >= 0.6 is 24.0 Å². The average molecular weight is 439 g/mol. The van der Waals surface area contributed by atoms with Gasteiger partial charge in [0.2, 0.25) is 0 Å². The smallest absolute Gasteiger partial charge is 0.188 e. The Labute approximate surface area is 158 Å². The Hall–Kier alpha value is -2.28. The van der Waals surface area contributed by atoms with E-state index >= 15 is 0 Å². The van der Waals surface area contributed by atoms with E-state index in [0.717, 1.165) is 17.7 Å². The number of hydrogen-bond donors (Lipinski definition) is 3. The zero-order chi connectivity index (χ0) is 16.8. The van der Waals surface area contributed by atoms with E-state index in [-0.39, 0.29) is 24.0 Å². The molecule has 8 heteroatoms. The van der Waals surface area contributed by atoms with Gasteiger partial charge in [-0.15, -0.1) is 24.0 Å². The van der Waals surface area contributed by atoms with Crippen molar-refractivity contribution >= 4 is 35.8 Å². The Balaban J connectivity index is 0.00000288. The highest BCUT2D eigenvalue weighted by atomic mass is 127. The molecule has 0 saturated carbocycles. The number of halogens is 1. The Bertz CT molecular complexity index is 741. The number of nitriles is 1. The lowest BCUT2D eigenvalue weighted by atomic mass is 10.1. The minimum Gasteiger partial charge on any atom is -0.382 e. The maximum atomic E-state index is 9.35. The molecular weight excluding hydrogens is 417 g/mol. The molecule has 0 spiro atoms. The predicted octanol–water partition coefficient (Wildman–Crippen LogP) is 1.72. The number of nitrogens with one attached hydrogen (secondary N) is 1. The molecule has 7 nitrogen and oxygen atoms in total. The molecule has 2 rings (SSSR count). The lowest BCUT2D eigenvalue weighted by molar-refractivity contribution is 0.738. The van der Waals surface area contributed by atoms with Gasteiger partial charge in [-0.05, 0) is 31.9 Å². The third-order valence-corrected chi connectivity index (χ3v) is 3.52. The van der Waals surface area contributed by atoms with Gasteiger partial charge in [0.05, 0.1) is 11.4 Å². The summed E-state index contributed by atoms with van der Waals surface area (Å²) < 4.78 is 1.61. The monoisotopic (exact) mass is 439 g/mol. The molecule has 5 N–H and O–H groups in total. The standard InChI is InChI=1S/C16H21N7.HI/c1-11-5-7-12(8-6-11)23-15(18)13(10-17)14(22-23)4-3-9-21-16(19)20-2;/h5-8H,3-4,9,18H2,1-2H3,(H3,19,20,21);1H. The van der Waals surface area contributed by atoms with Crippen molar-refractivity contribution in [1.29, 1.82) is 5.26 Å². The van der Waals surface area contributed by atoms with E-state index in [1.807, 2.05) is 31.2 Å². The molecule has 2 aromatic rings. The first-order chi connectivity index (χ1) is 11.1. The van der Waals surface area contributed by atoms with Crippen LogP contribution < -0.4 is 16.8 Å². The summed E-state index contributed by atoms with van der Waals surface area (Å²) in [6, 6.07) is 9.99. The number of aliphatic imine (C=N–C) groups is 1. The number of nitrogens with zero attached hydrogens (tertiary/aromatic N) is 4.